The molecular weight excluding hydrogens is 214 g/mol. The fourth-order valence-electron chi connectivity index (χ4n) is 1.87. The molecule has 1 aliphatic heterocycles. The maximum atomic E-state index is 5.71. The fraction of sp³-hybridized carbons (Fsp3) is 0.444. The van der Waals surface area contributed by atoms with Gasteiger partial charge in [-0.2, -0.15) is 0 Å². The zero-order valence-corrected chi connectivity index (χ0v) is 9.30. The molecule has 0 bridgehead atoms. The molecule has 0 unspecified atom stereocenters. The van der Waals surface area contributed by atoms with Crippen LogP contribution in [0.25, 0.3) is 9.53 Å². The minimum absolute atomic E-state index is 0.700. The summed E-state index contributed by atoms with van der Waals surface area (Å²) in [6.45, 7) is 2.13. The van der Waals surface area contributed by atoms with E-state index in [4.69, 9.17) is 5.73 Å². The van der Waals surface area contributed by atoms with Crippen molar-refractivity contribution in [3.8, 4) is 0 Å². The molecule has 3 heterocycles. The predicted molar refractivity (Wildman–Crippen MR) is 61.9 cm³/mol. The molecule has 3 nitrogen and oxygen atoms in total. The topological polar surface area (TPSA) is 50.9 Å². The molecule has 0 amide bonds. The predicted octanol–water partition coefficient (Wildman–Crippen LogP) is 1.98. The minimum Gasteiger partial charge on any atom is -0.375 e. The Morgan fingerprint density at radius 2 is 2.29 bits per heavy atom. The molecule has 0 spiro atoms. The van der Waals surface area contributed by atoms with E-state index in [1.54, 1.807) is 22.7 Å². The number of hydrogen-bond donors (Lipinski definition) is 2. The highest BCUT2D eigenvalue weighted by molar-refractivity contribution is 7.29. The summed E-state index contributed by atoms with van der Waals surface area (Å²) in [5, 5.41) is 4.13. The number of nitrogen functional groups attached to an aromatic ring is 1. The van der Waals surface area contributed by atoms with Crippen LogP contribution in [-0.2, 0) is 13.0 Å². The summed E-state index contributed by atoms with van der Waals surface area (Å²) in [5.41, 5.74) is 7.20. The molecule has 3 N–H and O–H groups in total. The number of nitrogens with two attached hydrogens (primary N) is 1. The second-order valence-electron chi connectivity index (χ2n) is 3.47. The van der Waals surface area contributed by atoms with Gasteiger partial charge in [0, 0.05) is 11.4 Å². The van der Waals surface area contributed by atoms with Crippen LogP contribution >= 0.6 is 22.7 Å². The lowest BCUT2D eigenvalue weighted by molar-refractivity contribution is 0.684. The first-order valence-corrected chi connectivity index (χ1v) is 6.35. The third-order valence-electron chi connectivity index (χ3n) is 2.51. The SMILES string of the molecule is Nc1nc2sc3c(c2s1)CCCNC3. The average molecular weight is 225 g/mol. The molecule has 2 aromatic heterocycles. The van der Waals surface area contributed by atoms with Crippen molar-refractivity contribution in [1.29, 1.82) is 0 Å². The Kier molecular flexibility index (Phi) is 1.97. The van der Waals surface area contributed by atoms with Gasteiger partial charge in [-0.15, -0.1) is 11.3 Å². The van der Waals surface area contributed by atoms with Gasteiger partial charge in [-0.1, -0.05) is 11.3 Å². The summed E-state index contributed by atoms with van der Waals surface area (Å²) in [5.74, 6) is 0. The number of rotatable bonds is 0. The Balaban J connectivity index is 2.22. The first kappa shape index (κ1) is 8.64. The number of aromatic nitrogens is 1. The maximum Gasteiger partial charge on any atom is 0.181 e. The van der Waals surface area contributed by atoms with E-state index in [0.29, 0.717) is 5.13 Å². The van der Waals surface area contributed by atoms with Crippen LogP contribution in [0.3, 0.4) is 0 Å². The molecule has 3 rings (SSSR count). The van der Waals surface area contributed by atoms with Gasteiger partial charge in [-0.05, 0) is 24.9 Å². The zero-order valence-electron chi connectivity index (χ0n) is 7.67. The molecule has 0 aromatic carbocycles. The van der Waals surface area contributed by atoms with Crippen LogP contribution in [0.5, 0.6) is 0 Å². The summed E-state index contributed by atoms with van der Waals surface area (Å²) < 4.78 is 1.33. The number of thiophene rings is 1. The van der Waals surface area contributed by atoms with Gasteiger partial charge < -0.3 is 11.1 Å². The first-order valence-electron chi connectivity index (χ1n) is 4.72. The van der Waals surface area contributed by atoms with Crippen LogP contribution in [0.1, 0.15) is 16.9 Å². The van der Waals surface area contributed by atoms with Crippen LogP contribution in [0.2, 0.25) is 0 Å². The second kappa shape index (κ2) is 3.18. The van der Waals surface area contributed by atoms with Crippen molar-refractivity contribution in [1.82, 2.24) is 10.3 Å². The zero-order chi connectivity index (χ0) is 9.54. The molecule has 0 fully saturated rings. The molecule has 0 aliphatic carbocycles. The number of nitrogens with zero attached hydrogens (tertiary/aromatic N) is 1. The molecule has 0 radical (unpaired) electrons. The average Bonchev–Trinajstić information content (AvgIpc) is 2.55. The number of anilines is 1. The summed E-state index contributed by atoms with van der Waals surface area (Å²) >= 11 is 3.42. The minimum atomic E-state index is 0.700. The molecule has 2 aromatic rings. The lowest BCUT2D eigenvalue weighted by Gasteiger charge is -1.95. The highest BCUT2D eigenvalue weighted by Crippen LogP contribution is 2.37. The van der Waals surface area contributed by atoms with E-state index in [1.165, 1.54) is 28.0 Å². The van der Waals surface area contributed by atoms with E-state index in [1.807, 2.05) is 0 Å². The van der Waals surface area contributed by atoms with E-state index < -0.39 is 0 Å². The van der Waals surface area contributed by atoms with E-state index >= 15 is 0 Å². The third-order valence-corrected chi connectivity index (χ3v) is 4.71. The quantitative estimate of drug-likeness (QED) is 0.721. The van der Waals surface area contributed by atoms with Crippen LogP contribution in [0, 0.1) is 0 Å². The maximum absolute atomic E-state index is 5.71. The van der Waals surface area contributed by atoms with E-state index in [2.05, 4.69) is 10.3 Å². The Labute approximate surface area is 90.0 Å². The summed E-state index contributed by atoms with van der Waals surface area (Å²) in [6, 6.07) is 0. The summed E-state index contributed by atoms with van der Waals surface area (Å²) in [4.78, 5) is 6.92. The lowest BCUT2D eigenvalue weighted by Crippen LogP contribution is -2.11. The normalized spacial score (nSPS) is 16.9. The van der Waals surface area contributed by atoms with Crippen molar-refractivity contribution in [2.75, 3.05) is 12.3 Å². The number of fused-ring (bicyclic) bond motifs is 3. The fourth-order valence-corrected chi connectivity index (χ4v) is 4.17. The van der Waals surface area contributed by atoms with Crippen LogP contribution in [0.15, 0.2) is 0 Å². The number of nitrogens with one attached hydrogen (secondary N) is 1. The number of thiazole rings is 1. The third kappa shape index (κ3) is 1.24. The molecule has 74 valence electrons. The van der Waals surface area contributed by atoms with Crippen molar-refractivity contribution in [3.05, 3.63) is 10.4 Å². The first-order chi connectivity index (χ1) is 6.84. The Bertz CT molecular complexity index is 472. The van der Waals surface area contributed by atoms with E-state index in [9.17, 15) is 0 Å². The van der Waals surface area contributed by atoms with Crippen LogP contribution < -0.4 is 11.1 Å². The monoisotopic (exact) mass is 225 g/mol. The van der Waals surface area contributed by atoms with Gasteiger partial charge in [0.1, 0.15) is 4.83 Å². The Hall–Kier alpha value is -0.650. The van der Waals surface area contributed by atoms with Crippen LogP contribution in [-0.4, -0.2) is 11.5 Å². The highest BCUT2D eigenvalue weighted by Gasteiger charge is 2.17. The Morgan fingerprint density at radius 1 is 1.36 bits per heavy atom. The Morgan fingerprint density at radius 3 is 3.21 bits per heavy atom. The molecule has 1 aliphatic rings. The summed E-state index contributed by atoms with van der Waals surface area (Å²) in [6.07, 6.45) is 2.39. The van der Waals surface area contributed by atoms with Crippen molar-refractivity contribution < 1.29 is 0 Å². The van der Waals surface area contributed by atoms with Crippen molar-refractivity contribution in [2.45, 2.75) is 19.4 Å². The smallest absolute Gasteiger partial charge is 0.181 e. The van der Waals surface area contributed by atoms with Gasteiger partial charge in [0.2, 0.25) is 0 Å². The van der Waals surface area contributed by atoms with Crippen LogP contribution in [0.4, 0.5) is 5.13 Å². The molecule has 14 heavy (non-hydrogen) atoms. The standard InChI is InChI=1S/C9H11N3S2/c10-9-12-8-7(14-9)5-2-1-3-11-4-6(5)13-8/h11H,1-4H2,(H2,10,12). The van der Waals surface area contributed by atoms with Gasteiger partial charge in [0.05, 0.1) is 4.70 Å². The van der Waals surface area contributed by atoms with E-state index in [0.717, 1.165) is 17.9 Å². The summed E-state index contributed by atoms with van der Waals surface area (Å²) in [7, 11) is 0. The van der Waals surface area contributed by atoms with Gasteiger partial charge in [-0.3, -0.25) is 0 Å². The molecule has 0 saturated heterocycles. The van der Waals surface area contributed by atoms with Gasteiger partial charge >= 0.3 is 0 Å². The number of hydrogen-bond acceptors (Lipinski definition) is 5. The second-order valence-corrected chi connectivity index (χ2v) is 5.58. The van der Waals surface area contributed by atoms with Gasteiger partial charge in [-0.25, -0.2) is 4.98 Å². The lowest BCUT2D eigenvalue weighted by atomic mass is 10.1. The van der Waals surface area contributed by atoms with Crippen molar-refractivity contribution in [3.63, 3.8) is 0 Å². The largest absolute Gasteiger partial charge is 0.375 e. The van der Waals surface area contributed by atoms with Gasteiger partial charge in [0.15, 0.2) is 5.13 Å². The highest BCUT2D eigenvalue weighted by atomic mass is 32.1. The molecular formula is C9H11N3S2. The van der Waals surface area contributed by atoms with E-state index in [-0.39, 0.29) is 0 Å². The molecule has 5 heteroatoms. The molecule has 0 atom stereocenters. The van der Waals surface area contributed by atoms with Crippen molar-refractivity contribution >= 4 is 37.3 Å². The van der Waals surface area contributed by atoms with Gasteiger partial charge in [0.25, 0.3) is 0 Å². The number of aryl methyl sites for hydroxylation is 1. The molecule has 0 saturated carbocycles. The van der Waals surface area contributed by atoms with Crippen molar-refractivity contribution in [2.24, 2.45) is 0 Å².